The molecule has 0 spiro atoms. The summed E-state index contributed by atoms with van der Waals surface area (Å²) in [6.07, 6.45) is 1.79. The van der Waals surface area contributed by atoms with Crippen molar-refractivity contribution in [2.75, 3.05) is 13.0 Å². The van der Waals surface area contributed by atoms with Crippen LogP contribution in [-0.4, -0.2) is 22.5 Å². The fourth-order valence-electron chi connectivity index (χ4n) is 2.48. The van der Waals surface area contributed by atoms with Crippen molar-refractivity contribution in [1.82, 2.24) is 9.55 Å². The van der Waals surface area contributed by atoms with Crippen molar-refractivity contribution in [2.24, 2.45) is 0 Å². The van der Waals surface area contributed by atoms with Crippen LogP contribution in [0.25, 0.3) is 11.0 Å². The number of hydrogen-bond acceptors (Lipinski definition) is 3. The highest BCUT2D eigenvalue weighted by molar-refractivity contribution is 7.09. The van der Waals surface area contributed by atoms with Gasteiger partial charge in [-0.25, -0.2) is 4.98 Å². The second kappa shape index (κ2) is 6.50. The standard InChI is InChI=1S/C16H17ClN2OS/c1-20-12-4-5-14-15(11-12)19(16(18-14)6-8-17)9-7-13-3-2-10-21-13/h2-5,10-11H,6-9H2,1H3. The van der Waals surface area contributed by atoms with Gasteiger partial charge in [0, 0.05) is 29.8 Å². The first-order valence-corrected chi connectivity index (χ1v) is 8.34. The molecule has 3 aromatic rings. The molecule has 0 atom stereocenters. The molecule has 0 saturated heterocycles. The van der Waals surface area contributed by atoms with E-state index in [4.69, 9.17) is 21.3 Å². The maximum Gasteiger partial charge on any atom is 0.121 e. The van der Waals surface area contributed by atoms with Crippen molar-refractivity contribution in [2.45, 2.75) is 19.4 Å². The van der Waals surface area contributed by atoms with Crippen molar-refractivity contribution in [3.8, 4) is 5.75 Å². The van der Waals surface area contributed by atoms with Crippen molar-refractivity contribution < 1.29 is 4.74 Å². The first kappa shape index (κ1) is 14.4. The summed E-state index contributed by atoms with van der Waals surface area (Å²) in [6.45, 7) is 0.913. The molecule has 0 aliphatic rings. The molecule has 0 N–H and O–H groups in total. The van der Waals surface area contributed by atoms with Crippen LogP contribution < -0.4 is 4.74 Å². The van der Waals surface area contributed by atoms with E-state index in [1.54, 1.807) is 18.4 Å². The lowest BCUT2D eigenvalue weighted by Crippen LogP contribution is -2.06. The molecule has 5 heteroatoms. The number of halogens is 1. The average Bonchev–Trinajstić information content (AvgIpc) is 3.12. The predicted octanol–water partition coefficient (Wildman–Crippen LogP) is 4.13. The quantitative estimate of drug-likeness (QED) is 0.638. The molecular weight excluding hydrogens is 304 g/mol. The summed E-state index contributed by atoms with van der Waals surface area (Å²) < 4.78 is 7.60. The van der Waals surface area contributed by atoms with Crippen LogP contribution in [0.2, 0.25) is 0 Å². The molecule has 2 aromatic heterocycles. The zero-order valence-electron chi connectivity index (χ0n) is 11.9. The lowest BCUT2D eigenvalue weighted by atomic mass is 10.3. The molecule has 3 rings (SSSR count). The van der Waals surface area contributed by atoms with E-state index in [2.05, 4.69) is 28.1 Å². The minimum Gasteiger partial charge on any atom is -0.497 e. The number of rotatable bonds is 6. The number of benzene rings is 1. The molecule has 0 amide bonds. The largest absolute Gasteiger partial charge is 0.497 e. The summed E-state index contributed by atoms with van der Waals surface area (Å²) in [4.78, 5) is 6.09. The average molecular weight is 321 g/mol. The third kappa shape index (κ3) is 3.06. The van der Waals surface area contributed by atoms with Gasteiger partial charge in [0.25, 0.3) is 0 Å². The van der Waals surface area contributed by atoms with Gasteiger partial charge in [0.1, 0.15) is 11.6 Å². The van der Waals surface area contributed by atoms with Crippen molar-refractivity contribution >= 4 is 34.0 Å². The molecule has 0 aliphatic carbocycles. The van der Waals surface area contributed by atoms with Crippen LogP contribution in [0, 0.1) is 0 Å². The lowest BCUT2D eigenvalue weighted by molar-refractivity contribution is 0.415. The number of hydrogen-bond donors (Lipinski definition) is 0. The van der Waals surface area contributed by atoms with Crippen LogP contribution in [0.4, 0.5) is 0 Å². The number of methoxy groups -OCH3 is 1. The molecule has 0 saturated carbocycles. The van der Waals surface area contributed by atoms with Gasteiger partial charge in [-0.2, -0.15) is 0 Å². The number of ether oxygens (including phenoxy) is 1. The molecule has 0 unspecified atom stereocenters. The molecule has 110 valence electrons. The van der Waals surface area contributed by atoms with Gasteiger partial charge < -0.3 is 9.30 Å². The van der Waals surface area contributed by atoms with Crippen LogP contribution in [0.3, 0.4) is 0 Å². The Morgan fingerprint density at radius 2 is 2.19 bits per heavy atom. The minimum absolute atomic E-state index is 0.583. The smallest absolute Gasteiger partial charge is 0.121 e. The number of fused-ring (bicyclic) bond motifs is 1. The first-order valence-electron chi connectivity index (χ1n) is 6.93. The van der Waals surface area contributed by atoms with Gasteiger partial charge in [0.2, 0.25) is 0 Å². The van der Waals surface area contributed by atoms with E-state index >= 15 is 0 Å². The molecule has 0 radical (unpaired) electrons. The molecule has 0 aliphatic heterocycles. The predicted molar refractivity (Wildman–Crippen MR) is 88.7 cm³/mol. The number of imidazole rings is 1. The van der Waals surface area contributed by atoms with E-state index in [-0.39, 0.29) is 0 Å². The summed E-state index contributed by atoms with van der Waals surface area (Å²) in [7, 11) is 1.69. The highest BCUT2D eigenvalue weighted by Crippen LogP contribution is 2.23. The molecule has 0 fully saturated rings. The summed E-state index contributed by atoms with van der Waals surface area (Å²) in [5.74, 6) is 2.49. The summed E-state index contributed by atoms with van der Waals surface area (Å²) in [6, 6.07) is 10.3. The lowest BCUT2D eigenvalue weighted by Gasteiger charge is -2.08. The first-order chi connectivity index (χ1) is 10.3. The zero-order valence-corrected chi connectivity index (χ0v) is 13.5. The minimum atomic E-state index is 0.583. The highest BCUT2D eigenvalue weighted by Gasteiger charge is 2.11. The van der Waals surface area contributed by atoms with Crippen LogP contribution in [0.5, 0.6) is 5.75 Å². The van der Waals surface area contributed by atoms with Crippen molar-refractivity contribution in [3.63, 3.8) is 0 Å². The van der Waals surface area contributed by atoms with Crippen LogP contribution in [-0.2, 0) is 19.4 Å². The van der Waals surface area contributed by atoms with E-state index in [0.717, 1.165) is 42.0 Å². The number of aryl methyl sites for hydroxylation is 3. The third-order valence-electron chi connectivity index (χ3n) is 3.51. The van der Waals surface area contributed by atoms with E-state index in [9.17, 15) is 0 Å². The molecular formula is C16H17ClN2OS. The van der Waals surface area contributed by atoms with Gasteiger partial charge >= 0.3 is 0 Å². The second-order valence-electron chi connectivity index (χ2n) is 4.80. The fraction of sp³-hybridized carbons (Fsp3) is 0.312. The maximum atomic E-state index is 5.92. The van der Waals surface area contributed by atoms with E-state index in [0.29, 0.717) is 5.88 Å². The van der Waals surface area contributed by atoms with Gasteiger partial charge in [-0.1, -0.05) is 6.07 Å². The molecule has 3 nitrogen and oxygen atoms in total. The van der Waals surface area contributed by atoms with Crippen molar-refractivity contribution in [1.29, 1.82) is 0 Å². The second-order valence-corrected chi connectivity index (χ2v) is 6.21. The van der Waals surface area contributed by atoms with Gasteiger partial charge in [0.05, 0.1) is 18.1 Å². The monoisotopic (exact) mass is 320 g/mol. The SMILES string of the molecule is COc1ccc2nc(CCCl)n(CCc3cccs3)c2c1. The number of nitrogens with zero attached hydrogens (tertiary/aromatic N) is 2. The summed E-state index contributed by atoms with van der Waals surface area (Å²) in [5.41, 5.74) is 2.12. The Hall–Kier alpha value is -1.52. The highest BCUT2D eigenvalue weighted by atomic mass is 35.5. The third-order valence-corrected chi connectivity index (χ3v) is 4.64. The molecule has 2 heterocycles. The molecule has 1 aromatic carbocycles. The molecule has 21 heavy (non-hydrogen) atoms. The Labute approximate surface area is 133 Å². The summed E-state index contributed by atoms with van der Waals surface area (Å²) >= 11 is 7.71. The topological polar surface area (TPSA) is 27.1 Å². The Morgan fingerprint density at radius 1 is 1.29 bits per heavy atom. The van der Waals surface area contributed by atoms with Gasteiger partial charge in [-0.3, -0.25) is 0 Å². The van der Waals surface area contributed by atoms with Crippen molar-refractivity contribution in [3.05, 3.63) is 46.4 Å². The van der Waals surface area contributed by atoms with E-state index < -0.39 is 0 Å². The van der Waals surface area contributed by atoms with E-state index in [1.165, 1.54) is 4.88 Å². The Kier molecular flexibility index (Phi) is 4.46. The van der Waals surface area contributed by atoms with Gasteiger partial charge in [-0.15, -0.1) is 22.9 Å². The normalized spacial score (nSPS) is 11.1. The number of alkyl halides is 1. The Bertz CT molecular complexity index is 721. The zero-order chi connectivity index (χ0) is 14.7. The molecule has 0 bridgehead atoms. The number of thiophene rings is 1. The van der Waals surface area contributed by atoms with Gasteiger partial charge in [-0.05, 0) is 30.0 Å². The van der Waals surface area contributed by atoms with Gasteiger partial charge in [0.15, 0.2) is 0 Å². The maximum absolute atomic E-state index is 5.92. The van der Waals surface area contributed by atoms with E-state index in [1.807, 2.05) is 12.1 Å². The number of aromatic nitrogens is 2. The summed E-state index contributed by atoms with van der Waals surface area (Å²) in [5, 5.41) is 2.12. The van der Waals surface area contributed by atoms with Crippen LogP contribution in [0.1, 0.15) is 10.7 Å². The Morgan fingerprint density at radius 3 is 2.90 bits per heavy atom. The van der Waals surface area contributed by atoms with Crippen LogP contribution >= 0.6 is 22.9 Å². The Balaban J connectivity index is 1.97. The fourth-order valence-corrected chi connectivity index (χ4v) is 3.35. The van der Waals surface area contributed by atoms with Crippen LogP contribution in [0.15, 0.2) is 35.7 Å².